The van der Waals surface area contributed by atoms with E-state index in [1.807, 2.05) is 26.0 Å². The molecule has 1 aromatic heterocycles. The van der Waals surface area contributed by atoms with E-state index in [9.17, 15) is 5.11 Å². The summed E-state index contributed by atoms with van der Waals surface area (Å²) in [4.78, 5) is 2.36. The third kappa shape index (κ3) is 2.74. The smallest absolute Gasteiger partial charge is 0.106 e. The molecule has 2 rings (SSSR count). The highest BCUT2D eigenvalue weighted by Gasteiger charge is 2.17. The van der Waals surface area contributed by atoms with Crippen LogP contribution in [0.3, 0.4) is 0 Å². The minimum Gasteiger partial charge on any atom is -0.384 e. The van der Waals surface area contributed by atoms with Crippen LogP contribution in [0.5, 0.6) is 0 Å². The maximum Gasteiger partial charge on any atom is 0.106 e. The third-order valence-electron chi connectivity index (χ3n) is 2.63. The number of hydrogen-bond donors (Lipinski definition) is 1. The lowest BCUT2D eigenvalue weighted by Gasteiger charge is -2.13. The maximum atomic E-state index is 10.4. The van der Waals surface area contributed by atoms with Gasteiger partial charge in [-0.3, -0.25) is 0 Å². The van der Waals surface area contributed by atoms with Crippen molar-refractivity contribution < 1.29 is 5.11 Å². The highest BCUT2D eigenvalue weighted by molar-refractivity contribution is 9.10. The Hall–Kier alpha value is -0.350. The first kappa shape index (κ1) is 13.1. The van der Waals surface area contributed by atoms with Gasteiger partial charge in [0.15, 0.2) is 0 Å². The number of aliphatic hydroxyl groups excluding tert-OH is 1. The molecule has 0 aliphatic carbocycles. The standard InChI is InChI=1S/C13H12BrClOS/c1-7-5-11(8(2)17-7)13(16)10-4-3-9(15)6-12(10)14/h3-6,13,16H,1-2H3. The highest BCUT2D eigenvalue weighted by Crippen LogP contribution is 2.34. The van der Waals surface area contributed by atoms with Crippen LogP contribution in [0.4, 0.5) is 0 Å². The minimum atomic E-state index is -0.605. The first-order chi connectivity index (χ1) is 7.99. The van der Waals surface area contributed by atoms with E-state index >= 15 is 0 Å². The summed E-state index contributed by atoms with van der Waals surface area (Å²) in [7, 11) is 0. The summed E-state index contributed by atoms with van der Waals surface area (Å²) in [6, 6.07) is 7.48. The summed E-state index contributed by atoms with van der Waals surface area (Å²) in [6.45, 7) is 4.07. The Kier molecular flexibility index (Phi) is 3.93. The number of halogens is 2. The quantitative estimate of drug-likeness (QED) is 0.833. The van der Waals surface area contributed by atoms with Gasteiger partial charge in [-0.2, -0.15) is 0 Å². The highest BCUT2D eigenvalue weighted by atomic mass is 79.9. The fourth-order valence-electron chi connectivity index (χ4n) is 1.81. The van der Waals surface area contributed by atoms with E-state index in [1.54, 1.807) is 23.5 Å². The average molecular weight is 332 g/mol. The van der Waals surface area contributed by atoms with E-state index in [0.717, 1.165) is 20.5 Å². The normalized spacial score (nSPS) is 12.8. The molecule has 1 nitrogen and oxygen atoms in total. The predicted octanol–water partition coefficient (Wildman–Crippen LogP) is 4.86. The molecule has 1 N–H and O–H groups in total. The Balaban J connectivity index is 2.43. The lowest BCUT2D eigenvalue weighted by Crippen LogP contribution is -2.00. The number of thiophene rings is 1. The molecule has 0 radical (unpaired) electrons. The molecule has 4 heteroatoms. The van der Waals surface area contributed by atoms with E-state index in [2.05, 4.69) is 15.9 Å². The lowest BCUT2D eigenvalue weighted by atomic mass is 10.0. The van der Waals surface area contributed by atoms with Crippen molar-refractivity contribution in [2.24, 2.45) is 0 Å². The van der Waals surface area contributed by atoms with Gasteiger partial charge in [0.05, 0.1) is 0 Å². The second-order valence-corrected chi connectivity index (χ2v) is 6.69. The van der Waals surface area contributed by atoms with Crippen LogP contribution in [0.15, 0.2) is 28.7 Å². The molecule has 0 saturated carbocycles. The molecule has 1 unspecified atom stereocenters. The molecule has 0 fully saturated rings. The van der Waals surface area contributed by atoms with Gasteiger partial charge in [-0.15, -0.1) is 11.3 Å². The molecule has 0 aliphatic heterocycles. The van der Waals surface area contributed by atoms with Crippen molar-refractivity contribution in [2.45, 2.75) is 20.0 Å². The molecule has 0 aliphatic rings. The number of benzene rings is 1. The first-order valence-electron chi connectivity index (χ1n) is 5.19. The second-order valence-electron chi connectivity index (χ2n) is 3.94. The molecule has 0 amide bonds. The van der Waals surface area contributed by atoms with E-state index in [4.69, 9.17) is 11.6 Å². The molecule has 1 heterocycles. The van der Waals surface area contributed by atoms with Crippen molar-refractivity contribution >= 4 is 38.9 Å². The summed E-state index contributed by atoms with van der Waals surface area (Å²) in [5, 5.41) is 11.0. The summed E-state index contributed by atoms with van der Waals surface area (Å²) >= 11 is 11.0. The van der Waals surface area contributed by atoms with Crippen LogP contribution in [0, 0.1) is 13.8 Å². The van der Waals surface area contributed by atoms with Gasteiger partial charge in [-0.25, -0.2) is 0 Å². The molecule has 0 saturated heterocycles. The second kappa shape index (κ2) is 5.11. The number of aryl methyl sites for hydroxylation is 2. The molecule has 0 bridgehead atoms. The maximum absolute atomic E-state index is 10.4. The van der Waals surface area contributed by atoms with Crippen LogP contribution in [-0.2, 0) is 0 Å². The Morgan fingerprint density at radius 2 is 1.94 bits per heavy atom. The van der Waals surface area contributed by atoms with Gasteiger partial charge < -0.3 is 5.11 Å². The van der Waals surface area contributed by atoms with E-state index in [0.29, 0.717) is 5.02 Å². The molecule has 17 heavy (non-hydrogen) atoms. The zero-order chi connectivity index (χ0) is 12.6. The van der Waals surface area contributed by atoms with Gasteiger partial charge in [-0.1, -0.05) is 33.6 Å². The van der Waals surface area contributed by atoms with E-state index in [-0.39, 0.29) is 0 Å². The molecule has 1 atom stereocenters. The number of rotatable bonds is 2. The zero-order valence-electron chi connectivity index (χ0n) is 9.50. The predicted molar refractivity (Wildman–Crippen MR) is 77.0 cm³/mol. The van der Waals surface area contributed by atoms with Crippen molar-refractivity contribution in [1.29, 1.82) is 0 Å². The fourth-order valence-corrected chi connectivity index (χ4v) is 3.67. The topological polar surface area (TPSA) is 20.2 Å². The van der Waals surface area contributed by atoms with Gasteiger partial charge in [0.2, 0.25) is 0 Å². The molecule has 0 spiro atoms. The monoisotopic (exact) mass is 330 g/mol. The Morgan fingerprint density at radius 1 is 1.24 bits per heavy atom. The lowest BCUT2D eigenvalue weighted by molar-refractivity contribution is 0.219. The molecule has 2 aromatic rings. The van der Waals surface area contributed by atoms with Crippen LogP contribution in [0.2, 0.25) is 5.02 Å². The first-order valence-corrected chi connectivity index (χ1v) is 7.17. The van der Waals surface area contributed by atoms with Crippen molar-refractivity contribution in [3.8, 4) is 0 Å². The third-order valence-corrected chi connectivity index (χ3v) is 4.53. The van der Waals surface area contributed by atoms with Crippen LogP contribution in [0.1, 0.15) is 27.0 Å². The van der Waals surface area contributed by atoms with E-state index < -0.39 is 6.10 Å². The van der Waals surface area contributed by atoms with Crippen molar-refractivity contribution in [3.63, 3.8) is 0 Å². The number of aliphatic hydroxyl groups is 1. The largest absolute Gasteiger partial charge is 0.384 e. The van der Waals surface area contributed by atoms with Crippen LogP contribution in [-0.4, -0.2) is 5.11 Å². The SMILES string of the molecule is Cc1cc(C(O)c2ccc(Cl)cc2Br)c(C)s1. The number of hydrogen-bond acceptors (Lipinski definition) is 2. The summed E-state index contributed by atoms with van der Waals surface area (Å²) in [5.74, 6) is 0. The van der Waals surface area contributed by atoms with Crippen molar-refractivity contribution in [1.82, 2.24) is 0 Å². The summed E-state index contributed by atoms with van der Waals surface area (Å²) in [6.07, 6.45) is -0.605. The van der Waals surface area contributed by atoms with Crippen LogP contribution >= 0.6 is 38.9 Å². The van der Waals surface area contributed by atoms with Gasteiger partial charge in [0.25, 0.3) is 0 Å². The summed E-state index contributed by atoms with van der Waals surface area (Å²) < 4.78 is 0.834. The van der Waals surface area contributed by atoms with Gasteiger partial charge >= 0.3 is 0 Å². The molecule has 1 aromatic carbocycles. The molecular formula is C13H12BrClOS. The Morgan fingerprint density at radius 3 is 2.47 bits per heavy atom. The van der Waals surface area contributed by atoms with Gasteiger partial charge in [0, 0.05) is 19.2 Å². The van der Waals surface area contributed by atoms with Crippen LogP contribution < -0.4 is 0 Å². The zero-order valence-corrected chi connectivity index (χ0v) is 12.7. The molecule has 90 valence electrons. The van der Waals surface area contributed by atoms with Crippen molar-refractivity contribution in [3.05, 3.63) is 54.6 Å². The van der Waals surface area contributed by atoms with Crippen molar-refractivity contribution in [2.75, 3.05) is 0 Å². The average Bonchev–Trinajstić information content (AvgIpc) is 2.57. The molecular weight excluding hydrogens is 320 g/mol. The van der Waals surface area contributed by atoms with E-state index in [1.165, 1.54) is 4.88 Å². The Bertz CT molecular complexity index is 550. The minimum absolute atomic E-state index is 0.605. The Labute approximate surface area is 118 Å². The van der Waals surface area contributed by atoms with Crippen LogP contribution in [0.25, 0.3) is 0 Å². The fraction of sp³-hybridized carbons (Fsp3) is 0.231. The summed E-state index contributed by atoms with van der Waals surface area (Å²) in [5.41, 5.74) is 1.81. The van der Waals surface area contributed by atoms with Gasteiger partial charge in [-0.05, 0) is 43.2 Å². The van der Waals surface area contributed by atoms with Gasteiger partial charge in [0.1, 0.15) is 6.10 Å².